The van der Waals surface area contributed by atoms with Crippen LogP contribution < -0.4 is 0 Å². The number of halogens is 1. The summed E-state index contributed by atoms with van der Waals surface area (Å²) in [6.45, 7) is 0. The highest BCUT2D eigenvalue weighted by Gasteiger charge is 2.12. The Labute approximate surface area is 115 Å². The first-order valence-electron chi connectivity index (χ1n) is 5.62. The van der Waals surface area contributed by atoms with Crippen molar-refractivity contribution in [3.63, 3.8) is 0 Å². The summed E-state index contributed by atoms with van der Waals surface area (Å²) in [5, 5.41) is 8.75. The van der Waals surface area contributed by atoms with E-state index in [0.717, 1.165) is 12.3 Å². The van der Waals surface area contributed by atoms with Gasteiger partial charge < -0.3 is 5.11 Å². The molecule has 6 heteroatoms. The number of aromatic carboxylic acids is 1. The van der Waals surface area contributed by atoms with Crippen LogP contribution in [0.2, 0.25) is 0 Å². The van der Waals surface area contributed by atoms with Gasteiger partial charge in [0.1, 0.15) is 5.82 Å². The largest absolute Gasteiger partial charge is 0.478 e. The van der Waals surface area contributed by atoms with E-state index in [1.54, 1.807) is 12.1 Å². The fraction of sp³-hybridized carbons (Fsp3) is 0.0714. The number of carbonyl (C=O) groups is 1. The van der Waals surface area contributed by atoms with Crippen molar-refractivity contribution in [2.24, 2.45) is 0 Å². The molecule has 0 bridgehead atoms. The number of rotatable bonds is 3. The molecule has 0 aromatic heterocycles. The van der Waals surface area contributed by atoms with Crippen LogP contribution >= 0.6 is 0 Å². The SMILES string of the molecule is CS(=O)(=O)c1ccc(-c2ccc(C(=O)O)c(F)c2)cc1. The lowest BCUT2D eigenvalue weighted by Crippen LogP contribution is -2.00. The molecule has 2 aromatic carbocycles. The summed E-state index contributed by atoms with van der Waals surface area (Å²) >= 11 is 0. The van der Waals surface area contributed by atoms with E-state index in [1.807, 2.05) is 0 Å². The highest BCUT2D eigenvalue weighted by molar-refractivity contribution is 7.90. The second-order valence-corrected chi connectivity index (χ2v) is 6.31. The van der Waals surface area contributed by atoms with Crippen LogP contribution in [0.5, 0.6) is 0 Å². The molecule has 0 atom stereocenters. The minimum atomic E-state index is -3.28. The van der Waals surface area contributed by atoms with Gasteiger partial charge in [0.2, 0.25) is 0 Å². The second-order valence-electron chi connectivity index (χ2n) is 4.30. The molecule has 0 aliphatic carbocycles. The lowest BCUT2D eigenvalue weighted by atomic mass is 10.0. The summed E-state index contributed by atoms with van der Waals surface area (Å²) in [5.74, 6) is -2.16. The maximum absolute atomic E-state index is 13.6. The van der Waals surface area contributed by atoms with Crippen molar-refractivity contribution in [2.75, 3.05) is 6.26 Å². The monoisotopic (exact) mass is 294 g/mol. The minimum Gasteiger partial charge on any atom is -0.478 e. The minimum absolute atomic E-state index is 0.170. The number of hydrogen-bond donors (Lipinski definition) is 1. The van der Waals surface area contributed by atoms with Crippen molar-refractivity contribution in [3.05, 3.63) is 53.8 Å². The first-order valence-corrected chi connectivity index (χ1v) is 7.51. The molecule has 0 aliphatic heterocycles. The molecule has 0 saturated carbocycles. The molecule has 0 heterocycles. The Morgan fingerprint density at radius 1 is 1.05 bits per heavy atom. The van der Waals surface area contributed by atoms with Gasteiger partial charge in [-0.1, -0.05) is 18.2 Å². The Morgan fingerprint density at radius 2 is 1.60 bits per heavy atom. The molecular formula is C14H11FO4S. The first-order chi connectivity index (χ1) is 9.29. The van der Waals surface area contributed by atoms with E-state index in [9.17, 15) is 17.6 Å². The molecule has 0 unspecified atom stereocenters. The average Bonchev–Trinajstić information content (AvgIpc) is 2.37. The molecule has 0 radical (unpaired) electrons. The molecule has 2 rings (SSSR count). The van der Waals surface area contributed by atoms with Gasteiger partial charge in [-0.25, -0.2) is 17.6 Å². The maximum atomic E-state index is 13.6. The molecule has 1 N–H and O–H groups in total. The van der Waals surface area contributed by atoms with Gasteiger partial charge in [0.25, 0.3) is 0 Å². The zero-order chi connectivity index (χ0) is 14.9. The molecular weight excluding hydrogens is 283 g/mol. The zero-order valence-electron chi connectivity index (χ0n) is 10.5. The van der Waals surface area contributed by atoms with E-state index in [4.69, 9.17) is 5.11 Å². The third-order valence-corrected chi connectivity index (χ3v) is 3.94. The quantitative estimate of drug-likeness (QED) is 0.944. The number of hydrogen-bond acceptors (Lipinski definition) is 3. The Balaban J connectivity index is 2.42. The van der Waals surface area contributed by atoms with Crippen molar-refractivity contribution in [3.8, 4) is 11.1 Å². The van der Waals surface area contributed by atoms with Gasteiger partial charge in [0.05, 0.1) is 10.5 Å². The van der Waals surface area contributed by atoms with Crippen LogP contribution in [-0.2, 0) is 9.84 Å². The standard InChI is InChI=1S/C14H11FO4S/c1-20(18,19)11-5-2-9(3-6-11)10-4-7-12(14(16)17)13(15)8-10/h2-8H,1H3,(H,16,17). The van der Waals surface area contributed by atoms with Gasteiger partial charge >= 0.3 is 5.97 Å². The van der Waals surface area contributed by atoms with Crippen molar-refractivity contribution in [1.29, 1.82) is 0 Å². The molecule has 4 nitrogen and oxygen atoms in total. The molecule has 0 spiro atoms. The Morgan fingerprint density at radius 3 is 2.05 bits per heavy atom. The van der Waals surface area contributed by atoms with E-state index in [1.165, 1.54) is 24.3 Å². The van der Waals surface area contributed by atoms with Gasteiger partial charge in [-0.05, 0) is 35.4 Å². The Bertz CT molecular complexity index is 764. The fourth-order valence-electron chi connectivity index (χ4n) is 1.76. The summed E-state index contributed by atoms with van der Waals surface area (Å²) < 4.78 is 36.2. The van der Waals surface area contributed by atoms with Crippen molar-refractivity contribution in [2.45, 2.75) is 4.90 Å². The third-order valence-electron chi connectivity index (χ3n) is 2.82. The van der Waals surface area contributed by atoms with Crippen LogP contribution in [0, 0.1) is 5.82 Å². The van der Waals surface area contributed by atoms with E-state index in [0.29, 0.717) is 11.1 Å². The highest BCUT2D eigenvalue weighted by Crippen LogP contribution is 2.23. The number of carboxylic acid groups (broad SMARTS) is 1. The summed E-state index contributed by atoms with van der Waals surface area (Å²) in [6, 6.07) is 9.71. The lowest BCUT2D eigenvalue weighted by molar-refractivity contribution is 0.0692. The third kappa shape index (κ3) is 2.85. The van der Waals surface area contributed by atoms with Crippen LogP contribution in [0.4, 0.5) is 4.39 Å². The highest BCUT2D eigenvalue weighted by atomic mass is 32.2. The molecule has 2 aromatic rings. The predicted octanol–water partition coefficient (Wildman–Crippen LogP) is 2.59. The van der Waals surface area contributed by atoms with Crippen LogP contribution in [0.1, 0.15) is 10.4 Å². The first kappa shape index (κ1) is 14.2. The van der Waals surface area contributed by atoms with Crippen LogP contribution in [0.25, 0.3) is 11.1 Å². The van der Waals surface area contributed by atoms with Crippen LogP contribution in [-0.4, -0.2) is 25.7 Å². The van der Waals surface area contributed by atoms with Crippen LogP contribution in [0.3, 0.4) is 0 Å². The maximum Gasteiger partial charge on any atom is 0.338 e. The number of sulfone groups is 1. The number of carboxylic acids is 1. The van der Waals surface area contributed by atoms with Gasteiger partial charge in [-0.15, -0.1) is 0 Å². The summed E-state index contributed by atoms with van der Waals surface area (Å²) in [6.07, 6.45) is 1.10. The topological polar surface area (TPSA) is 71.4 Å². The van der Waals surface area contributed by atoms with Crippen molar-refractivity contribution in [1.82, 2.24) is 0 Å². The second kappa shape index (κ2) is 5.05. The summed E-state index contributed by atoms with van der Waals surface area (Å²) in [7, 11) is -3.28. The molecule has 0 fully saturated rings. The molecule has 104 valence electrons. The lowest BCUT2D eigenvalue weighted by Gasteiger charge is -2.05. The van der Waals surface area contributed by atoms with Gasteiger partial charge in [-0.2, -0.15) is 0 Å². The normalized spacial score (nSPS) is 11.3. The van der Waals surface area contributed by atoms with Crippen molar-refractivity contribution < 1.29 is 22.7 Å². The average molecular weight is 294 g/mol. The Kier molecular flexibility index (Phi) is 3.59. The van der Waals surface area contributed by atoms with E-state index < -0.39 is 27.2 Å². The Hall–Kier alpha value is -2.21. The van der Waals surface area contributed by atoms with Gasteiger partial charge in [0, 0.05) is 6.26 Å². The van der Waals surface area contributed by atoms with Crippen LogP contribution in [0.15, 0.2) is 47.4 Å². The summed E-state index contributed by atoms with van der Waals surface area (Å²) in [5.41, 5.74) is 0.683. The molecule has 0 amide bonds. The van der Waals surface area contributed by atoms with E-state index >= 15 is 0 Å². The van der Waals surface area contributed by atoms with Gasteiger partial charge in [0.15, 0.2) is 9.84 Å². The van der Waals surface area contributed by atoms with Crippen molar-refractivity contribution >= 4 is 15.8 Å². The van der Waals surface area contributed by atoms with E-state index in [-0.39, 0.29) is 4.90 Å². The fourth-order valence-corrected chi connectivity index (χ4v) is 2.39. The zero-order valence-corrected chi connectivity index (χ0v) is 11.3. The van der Waals surface area contributed by atoms with E-state index in [2.05, 4.69) is 0 Å². The molecule has 0 aliphatic rings. The van der Waals surface area contributed by atoms with Gasteiger partial charge in [-0.3, -0.25) is 0 Å². The molecule has 0 saturated heterocycles. The smallest absolute Gasteiger partial charge is 0.338 e. The predicted molar refractivity (Wildman–Crippen MR) is 71.9 cm³/mol. The summed E-state index contributed by atoms with van der Waals surface area (Å²) in [4.78, 5) is 10.9. The number of benzene rings is 2. The molecule has 20 heavy (non-hydrogen) atoms.